The van der Waals surface area contributed by atoms with Gasteiger partial charge in [0.1, 0.15) is 12.3 Å². The van der Waals surface area contributed by atoms with Crippen LogP contribution in [0.25, 0.3) is 0 Å². The van der Waals surface area contributed by atoms with Gasteiger partial charge in [0.05, 0.1) is 19.3 Å². The molecule has 0 fully saturated rings. The molecular weight excluding hydrogens is 300 g/mol. The summed E-state index contributed by atoms with van der Waals surface area (Å²) in [5, 5.41) is 2.95. The first-order chi connectivity index (χ1) is 11.5. The number of hydrogen-bond donors (Lipinski definition) is 2. The first-order valence-corrected chi connectivity index (χ1v) is 8.35. The van der Waals surface area contributed by atoms with Crippen molar-refractivity contribution >= 4 is 11.6 Å². The predicted octanol–water partition coefficient (Wildman–Crippen LogP) is 2.36. The van der Waals surface area contributed by atoms with E-state index in [1.54, 1.807) is 7.11 Å². The summed E-state index contributed by atoms with van der Waals surface area (Å²) in [6.07, 6.45) is 0. The van der Waals surface area contributed by atoms with Crippen LogP contribution in [0.15, 0.2) is 42.5 Å². The van der Waals surface area contributed by atoms with Gasteiger partial charge < -0.3 is 15.0 Å². The highest BCUT2D eigenvalue weighted by molar-refractivity contribution is 5.92. The van der Waals surface area contributed by atoms with Crippen LogP contribution in [-0.4, -0.2) is 26.1 Å². The van der Waals surface area contributed by atoms with Crippen molar-refractivity contribution in [1.82, 2.24) is 0 Å². The van der Waals surface area contributed by atoms with Crippen molar-refractivity contribution in [2.24, 2.45) is 0 Å². The molecular formula is C20H27N2O2+. The van der Waals surface area contributed by atoms with Gasteiger partial charge >= 0.3 is 0 Å². The maximum Gasteiger partial charge on any atom is 0.279 e. The molecule has 2 aromatic carbocycles. The number of nitrogens with one attached hydrogen (secondary N) is 2. The molecule has 1 unspecified atom stereocenters. The Labute approximate surface area is 144 Å². The molecule has 24 heavy (non-hydrogen) atoms. The van der Waals surface area contributed by atoms with E-state index in [4.69, 9.17) is 4.74 Å². The highest BCUT2D eigenvalue weighted by Gasteiger charge is 2.15. The number of benzene rings is 2. The number of anilines is 1. The van der Waals surface area contributed by atoms with Crippen molar-refractivity contribution in [2.45, 2.75) is 27.3 Å². The van der Waals surface area contributed by atoms with E-state index in [1.807, 2.05) is 24.3 Å². The Balaban J connectivity index is 2.00. The molecule has 1 amide bonds. The van der Waals surface area contributed by atoms with Crippen LogP contribution in [0.1, 0.15) is 23.6 Å². The molecule has 4 nitrogen and oxygen atoms in total. The Hall–Kier alpha value is -2.33. The Morgan fingerprint density at radius 2 is 1.79 bits per heavy atom. The van der Waals surface area contributed by atoms with Crippen molar-refractivity contribution in [3.63, 3.8) is 0 Å². The summed E-state index contributed by atoms with van der Waals surface area (Å²) in [6.45, 7) is 8.49. The van der Waals surface area contributed by atoms with Crippen molar-refractivity contribution < 1.29 is 14.4 Å². The van der Waals surface area contributed by atoms with E-state index < -0.39 is 0 Å². The summed E-state index contributed by atoms with van der Waals surface area (Å²) < 4.78 is 5.28. The minimum Gasteiger partial charge on any atom is -0.495 e. The molecule has 0 saturated carbocycles. The Kier molecular flexibility index (Phi) is 6.38. The molecule has 0 radical (unpaired) electrons. The zero-order chi connectivity index (χ0) is 17.5. The number of hydrogen-bond acceptors (Lipinski definition) is 2. The SMILES string of the molecule is CC[NH+](CC(=O)Nc1ccccc1OC)Cc1cc(C)cc(C)c1. The number of quaternary nitrogens is 1. The van der Waals surface area contributed by atoms with Crippen LogP contribution >= 0.6 is 0 Å². The van der Waals surface area contributed by atoms with E-state index in [0.717, 1.165) is 13.1 Å². The number of aryl methyl sites for hydroxylation is 2. The number of ether oxygens (including phenoxy) is 1. The number of carbonyl (C=O) groups is 1. The number of carbonyl (C=O) groups excluding carboxylic acids is 1. The summed E-state index contributed by atoms with van der Waals surface area (Å²) >= 11 is 0. The quantitative estimate of drug-likeness (QED) is 0.820. The summed E-state index contributed by atoms with van der Waals surface area (Å²) in [7, 11) is 1.61. The lowest BCUT2D eigenvalue weighted by atomic mass is 10.1. The molecule has 0 aliphatic carbocycles. The standard InChI is InChI=1S/C20H26N2O2/c1-5-22(13-17-11-15(2)10-16(3)12-17)14-20(23)21-18-8-6-7-9-19(18)24-4/h6-12H,5,13-14H2,1-4H3,(H,21,23)/p+1. The van der Waals surface area contributed by atoms with Crippen LogP contribution in [0.2, 0.25) is 0 Å². The normalized spacial score (nSPS) is 11.8. The van der Waals surface area contributed by atoms with Crippen molar-refractivity contribution in [3.8, 4) is 5.75 Å². The van der Waals surface area contributed by atoms with Crippen LogP contribution in [-0.2, 0) is 11.3 Å². The molecule has 2 rings (SSSR count). The van der Waals surface area contributed by atoms with E-state index in [9.17, 15) is 4.79 Å². The second-order valence-corrected chi connectivity index (χ2v) is 6.20. The largest absolute Gasteiger partial charge is 0.495 e. The van der Waals surface area contributed by atoms with Crippen molar-refractivity contribution in [1.29, 1.82) is 0 Å². The van der Waals surface area contributed by atoms with Crippen molar-refractivity contribution in [2.75, 3.05) is 25.5 Å². The van der Waals surface area contributed by atoms with E-state index in [1.165, 1.54) is 21.6 Å². The number of rotatable bonds is 7. The number of para-hydroxylation sites is 2. The molecule has 0 aliphatic rings. The molecule has 0 spiro atoms. The van der Waals surface area contributed by atoms with Crippen LogP contribution in [0.5, 0.6) is 5.75 Å². The summed E-state index contributed by atoms with van der Waals surface area (Å²) in [4.78, 5) is 13.6. The third kappa shape index (κ3) is 5.10. The van der Waals surface area contributed by atoms with Gasteiger partial charge in [0, 0.05) is 5.56 Å². The highest BCUT2D eigenvalue weighted by atomic mass is 16.5. The molecule has 0 bridgehead atoms. The van der Waals surface area contributed by atoms with Gasteiger partial charge in [-0.15, -0.1) is 0 Å². The molecule has 0 heterocycles. The van der Waals surface area contributed by atoms with E-state index >= 15 is 0 Å². The van der Waals surface area contributed by atoms with Crippen molar-refractivity contribution in [3.05, 3.63) is 59.2 Å². The highest BCUT2D eigenvalue weighted by Crippen LogP contribution is 2.22. The third-order valence-electron chi connectivity index (χ3n) is 4.03. The minimum absolute atomic E-state index is 0.000671. The van der Waals surface area contributed by atoms with Gasteiger partial charge in [-0.2, -0.15) is 0 Å². The second-order valence-electron chi connectivity index (χ2n) is 6.20. The number of methoxy groups -OCH3 is 1. The predicted molar refractivity (Wildman–Crippen MR) is 97.6 cm³/mol. The second kappa shape index (κ2) is 8.50. The van der Waals surface area contributed by atoms with Crippen LogP contribution < -0.4 is 15.0 Å². The van der Waals surface area contributed by atoms with Gasteiger partial charge in [-0.1, -0.05) is 41.5 Å². The van der Waals surface area contributed by atoms with Gasteiger partial charge in [-0.25, -0.2) is 0 Å². The van der Waals surface area contributed by atoms with E-state index in [0.29, 0.717) is 18.0 Å². The monoisotopic (exact) mass is 327 g/mol. The van der Waals surface area contributed by atoms with Crippen LogP contribution in [0.3, 0.4) is 0 Å². The molecule has 4 heteroatoms. The van der Waals surface area contributed by atoms with E-state index in [-0.39, 0.29) is 5.91 Å². The van der Waals surface area contributed by atoms with Gasteiger partial charge in [0.25, 0.3) is 5.91 Å². The summed E-state index contributed by atoms with van der Waals surface area (Å²) in [5.41, 5.74) is 4.51. The summed E-state index contributed by atoms with van der Waals surface area (Å²) in [5.74, 6) is 0.680. The van der Waals surface area contributed by atoms with Crippen LogP contribution in [0, 0.1) is 13.8 Å². The molecule has 0 aliphatic heterocycles. The van der Waals surface area contributed by atoms with Gasteiger partial charge in [-0.3, -0.25) is 4.79 Å². The smallest absolute Gasteiger partial charge is 0.279 e. The first kappa shape index (κ1) is 18.0. The maximum absolute atomic E-state index is 12.4. The fourth-order valence-corrected chi connectivity index (χ4v) is 2.94. The Bertz CT molecular complexity index is 678. The zero-order valence-corrected chi connectivity index (χ0v) is 15.0. The molecule has 1 atom stereocenters. The topological polar surface area (TPSA) is 42.8 Å². The molecule has 128 valence electrons. The lowest BCUT2D eigenvalue weighted by Gasteiger charge is -2.18. The number of amides is 1. The van der Waals surface area contributed by atoms with Gasteiger partial charge in [0.15, 0.2) is 6.54 Å². The average molecular weight is 327 g/mol. The average Bonchev–Trinajstić information content (AvgIpc) is 2.53. The molecule has 2 aromatic rings. The van der Waals surface area contributed by atoms with Gasteiger partial charge in [-0.05, 0) is 32.9 Å². The zero-order valence-electron chi connectivity index (χ0n) is 15.0. The van der Waals surface area contributed by atoms with Gasteiger partial charge in [0.2, 0.25) is 0 Å². The number of likely N-dealkylation sites (N-methyl/N-ethyl adjacent to an activating group) is 1. The minimum atomic E-state index is 0.000671. The first-order valence-electron chi connectivity index (χ1n) is 8.35. The Morgan fingerprint density at radius 1 is 1.12 bits per heavy atom. The molecule has 0 saturated heterocycles. The lowest BCUT2D eigenvalue weighted by molar-refractivity contribution is -0.903. The fraction of sp³-hybridized carbons (Fsp3) is 0.350. The molecule has 0 aromatic heterocycles. The van der Waals surface area contributed by atoms with E-state index in [2.05, 4.69) is 44.3 Å². The Morgan fingerprint density at radius 3 is 2.42 bits per heavy atom. The summed E-state index contributed by atoms with van der Waals surface area (Å²) in [6, 6.07) is 14.0. The third-order valence-corrected chi connectivity index (χ3v) is 4.03. The molecule has 2 N–H and O–H groups in total. The fourth-order valence-electron chi connectivity index (χ4n) is 2.94. The lowest BCUT2D eigenvalue weighted by Crippen LogP contribution is -3.11. The van der Waals surface area contributed by atoms with Crippen LogP contribution in [0.4, 0.5) is 5.69 Å². The maximum atomic E-state index is 12.4.